The summed E-state index contributed by atoms with van der Waals surface area (Å²) >= 11 is 5.00. The molecule has 3 nitrogen and oxygen atoms in total. The monoisotopic (exact) mass is 179 g/mol. The van der Waals surface area contributed by atoms with Crippen LogP contribution in [0.3, 0.4) is 0 Å². The summed E-state index contributed by atoms with van der Waals surface area (Å²) < 4.78 is 0. The molecular weight excluding hydrogens is 166 g/mol. The number of aliphatic carboxylic acids is 1. The number of carboxylic acids is 1. The molecule has 0 aliphatic carbocycles. The molecule has 1 N–H and O–H groups in total. The largest absolute Gasteiger partial charge is 0.478 e. The smallest absolute Gasteiger partial charge is 0.332 e. The van der Waals surface area contributed by atoms with Crippen molar-refractivity contribution in [2.75, 3.05) is 21.1 Å². The predicted octanol–water partition coefficient (Wildman–Crippen LogP) is 1.39. The summed E-state index contributed by atoms with van der Waals surface area (Å²) in [6, 6.07) is 0. The van der Waals surface area contributed by atoms with E-state index in [1.54, 1.807) is 0 Å². The molecule has 0 aromatic rings. The number of rotatable bonds is 1. The Balaban J connectivity index is 0. The van der Waals surface area contributed by atoms with Gasteiger partial charge in [-0.05, 0) is 28.1 Å². The van der Waals surface area contributed by atoms with E-state index in [4.69, 9.17) is 16.7 Å². The third kappa shape index (κ3) is 17.7. The molecule has 0 saturated heterocycles. The number of halogens is 1. The van der Waals surface area contributed by atoms with Crippen LogP contribution in [0.2, 0.25) is 0 Å². The van der Waals surface area contributed by atoms with Crippen LogP contribution in [0, 0.1) is 0 Å². The first-order valence-corrected chi connectivity index (χ1v) is 3.46. The molecule has 0 unspecified atom stereocenters. The molecule has 0 rings (SSSR count). The highest BCUT2D eigenvalue weighted by molar-refractivity contribution is 6.27. The van der Waals surface area contributed by atoms with Crippen molar-refractivity contribution in [2.24, 2.45) is 0 Å². The Labute approximate surface area is 72.3 Å². The van der Waals surface area contributed by atoms with E-state index in [0.29, 0.717) is 0 Å². The van der Waals surface area contributed by atoms with Gasteiger partial charge in [0.2, 0.25) is 0 Å². The molecule has 0 aromatic heterocycles. The summed E-state index contributed by atoms with van der Waals surface area (Å²) in [7, 11) is 6.00. The molecule has 0 spiro atoms. The van der Waals surface area contributed by atoms with Gasteiger partial charge < -0.3 is 10.0 Å². The topological polar surface area (TPSA) is 40.5 Å². The Morgan fingerprint density at radius 2 is 1.73 bits per heavy atom. The normalized spacial score (nSPS) is 10.5. The van der Waals surface area contributed by atoms with Crippen LogP contribution in [0.5, 0.6) is 0 Å². The standard InChI is InChI=1S/C4H5ClO2.C3H9N/c1-3(2-5)4(6)7;1-4(2)3/h2H,1H3,(H,6,7);1-3H3. The second kappa shape index (κ2) is 7.57. The maximum absolute atomic E-state index is 9.78. The number of carbonyl (C=O) groups is 1. The maximum atomic E-state index is 9.78. The molecule has 0 aliphatic rings. The zero-order chi connectivity index (χ0) is 9.44. The van der Waals surface area contributed by atoms with Crippen molar-refractivity contribution in [1.82, 2.24) is 4.90 Å². The minimum atomic E-state index is -0.977. The van der Waals surface area contributed by atoms with Gasteiger partial charge in [-0.15, -0.1) is 0 Å². The van der Waals surface area contributed by atoms with Crippen molar-refractivity contribution in [3.05, 3.63) is 11.1 Å². The van der Waals surface area contributed by atoms with Crippen LogP contribution in [0.15, 0.2) is 11.1 Å². The first-order chi connectivity index (χ1) is 4.91. The molecule has 0 aromatic carbocycles. The van der Waals surface area contributed by atoms with Gasteiger partial charge in [0, 0.05) is 11.1 Å². The van der Waals surface area contributed by atoms with Crippen LogP contribution >= 0.6 is 11.6 Å². The van der Waals surface area contributed by atoms with Crippen LogP contribution in [0.4, 0.5) is 0 Å². The van der Waals surface area contributed by atoms with Crippen molar-refractivity contribution in [2.45, 2.75) is 6.92 Å². The summed E-state index contributed by atoms with van der Waals surface area (Å²) in [5.74, 6) is -0.977. The maximum Gasteiger partial charge on any atom is 0.332 e. The lowest BCUT2D eigenvalue weighted by molar-refractivity contribution is -0.132. The molecule has 0 amide bonds. The first-order valence-electron chi connectivity index (χ1n) is 3.03. The second-order valence-electron chi connectivity index (χ2n) is 2.44. The summed E-state index contributed by atoms with van der Waals surface area (Å²) in [6.45, 7) is 1.43. The molecule has 0 heterocycles. The van der Waals surface area contributed by atoms with Gasteiger partial charge in [-0.25, -0.2) is 4.79 Å². The Morgan fingerprint density at radius 3 is 1.73 bits per heavy atom. The fraction of sp³-hybridized carbons (Fsp3) is 0.571. The summed E-state index contributed by atoms with van der Waals surface area (Å²) in [5, 5.41) is 8.03. The van der Waals surface area contributed by atoms with E-state index in [2.05, 4.69) is 0 Å². The van der Waals surface area contributed by atoms with Crippen LogP contribution in [0.1, 0.15) is 6.92 Å². The molecule has 0 atom stereocenters. The van der Waals surface area contributed by atoms with Crippen molar-refractivity contribution in [1.29, 1.82) is 0 Å². The molecule has 0 radical (unpaired) electrons. The molecule has 66 valence electrons. The van der Waals surface area contributed by atoms with Gasteiger partial charge in [0.15, 0.2) is 0 Å². The third-order valence-electron chi connectivity index (χ3n) is 0.501. The van der Waals surface area contributed by atoms with Gasteiger partial charge in [-0.1, -0.05) is 11.6 Å². The van der Waals surface area contributed by atoms with E-state index >= 15 is 0 Å². The Kier molecular flexibility index (Phi) is 9.00. The Bertz CT molecular complexity index is 141. The zero-order valence-electron chi connectivity index (χ0n) is 7.26. The quantitative estimate of drug-likeness (QED) is 0.619. The first kappa shape index (κ1) is 13.1. The highest BCUT2D eigenvalue weighted by atomic mass is 35.5. The molecule has 0 bridgehead atoms. The summed E-state index contributed by atoms with van der Waals surface area (Å²) in [6.07, 6.45) is 0. The van der Waals surface area contributed by atoms with E-state index in [9.17, 15) is 4.79 Å². The van der Waals surface area contributed by atoms with Crippen LogP contribution < -0.4 is 0 Å². The lowest BCUT2D eigenvalue weighted by Gasteiger charge is -1.90. The van der Waals surface area contributed by atoms with E-state index in [1.807, 2.05) is 26.0 Å². The molecule has 0 fully saturated rings. The van der Waals surface area contributed by atoms with Gasteiger partial charge in [-0.3, -0.25) is 0 Å². The minimum absolute atomic E-state index is 0.154. The van der Waals surface area contributed by atoms with E-state index in [1.165, 1.54) is 6.92 Å². The van der Waals surface area contributed by atoms with Crippen molar-refractivity contribution >= 4 is 17.6 Å². The summed E-state index contributed by atoms with van der Waals surface area (Å²) in [4.78, 5) is 11.8. The fourth-order valence-electron chi connectivity index (χ4n) is 0.0467. The van der Waals surface area contributed by atoms with E-state index < -0.39 is 5.97 Å². The molecule has 11 heavy (non-hydrogen) atoms. The average Bonchev–Trinajstić information content (AvgIpc) is 1.85. The van der Waals surface area contributed by atoms with E-state index in [-0.39, 0.29) is 5.57 Å². The van der Waals surface area contributed by atoms with E-state index in [0.717, 1.165) is 5.54 Å². The number of hydrogen-bond donors (Lipinski definition) is 1. The van der Waals surface area contributed by atoms with Crippen molar-refractivity contribution < 1.29 is 9.90 Å². The van der Waals surface area contributed by atoms with Gasteiger partial charge in [-0.2, -0.15) is 0 Å². The fourth-order valence-corrected chi connectivity index (χ4v) is 0.140. The SMILES string of the molecule is CC(=CCl)C(=O)O.CN(C)C. The highest BCUT2D eigenvalue weighted by Crippen LogP contribution is 1.92. The Hall–Kier alpha value is -0.540. The van der Waals surface area contributed by atoms with Gasteiger partial charge in [0.25, 0.3) is 0 Å². The lowest BCUT2D eigenvalue weighted by atomic mass is 10.4. The highest BCUT2D eigenvalue weighted by Gasteiger charge is 1.94. The van der Waals surface area contributed by atoms with Gasteiger partial charge >= 0.3 is 5.97 Å². The number of nitrogens with zero attached hydrogens (tertiary/aromatic N) is 1. The second-order valence-corrected chi connectivity index (χ2v) is 2.66. The molecule has 4 heteroatoms. The minimum Gasteiger partial charge on any atom is -0.478 e. The molecule has 0 saturated carbocycles. The van der Waals surface area contributed by atoms with Crippen LogP contribution in [-0.2, 0) is 4.79 Å². The number of hydrogen-bond acceptors (Lipinski definition) is 2. The zero-order valence-corrected chi connectivity index (χ0v) is 8.01. The third-order valence-corrected chi connectivity index (χ3v) is 0.828. The van der Waals surface area contributed by atoms with Gasteiger partial charge in [0.05, 0.1) is 0 Å². The number of carboxylic acid groups (broad SMARTS) is 1. The summed E-state index contributed by atoms with van der Waals surface area (Å²) in [5.41, 5.74) is 1.18. The van der Waals surface area contributed by atoms with Crippen LogP contribution in [0.25, 0.3) is 0 Å². The lowest BCUT2D eigenvalue weighted by Crippen LogP contribution is -1.99. The Morgan fingerprint density at radius 1 is 1.45 bits per heavy atom. The van der Waals surface area contributed by atoms with Crippen molar-refractivity contribution in [3.63, 3.8) is 0 Å². The van der Waals surface area contributed by atoms with Crippen molar-refractivity contribution in [3.8, 4) is 0 Å². The molecular formula is C7H14ClNO2. The predicted molar refractivity (Wildman–Crippen MR) is 46.9 cm³/mol. The van der Waals surface area contributed by atoms with Gasteiger partial charge in [0.1, 0.15) is 0 Å². The molecule has 0 aliphatic heterocycles. The average molecular weight is 180 g/mol. The van der Waals surface area contributed by atoms with Crippen LogP contribution in [-0.4, -0.2) is 37.1 Å².